The Labute approximate surface area is 166 Å². The molecule has 0 bridgehead atoms. The first kappa shape index (κ1) is 21.5. The van der Waals surface area contributed by atoms with Gasteiger partial charge in [0.05, 0.1) is 0 Å². The number of aryl methyl sites for hydroxylation is 2. The third-order valence-electron chi connectivity index (χ3n) is 5.08. The van der Waals surface area contributed by atoms with Gasteiger partial charge in [-0.05, 0) is 44.2 Å². The van der Waals surface area contributed by atoms with Crippen LogP contribution in [0.2, 0.25) is 0 Å². The SMILES string of the molecule is CCC(C(=O)c1ccccc1)C(CCCC(=O)Nc1c(C)cccc1C)N=O. The minimum Gasteiger partial charge on any atom is -0.326 e. The largest absolute Gasteiger partial charge is 0.326 e. The van der Waals surface area contributed by atoms with Crippen molar-refractivity contribution in [2.45, 2.75) is 52.5 Å². The van der Waals surface area contributed by atoms with E-state index < -0.39 is 12.0 Å². The average molecular weight is 380 g/mol. The number of benzene rings is 2. The molecule has 2 atom stereocenters. The summed E-state index contributed by atoms with van der Waals surface area (Å²) >= 11 is 0. The van der Waals surface area contributed by atoms with E-state index in [1.165, 1.54) is 0 Å². The Bertz CT molecular complexity index is 798. The van der Waals surface area contributed by atoms with Gasteiger partial charge in [-0.2, -0.15) is 4.91 Å². The lowest BCUT2D eigenvalue weighted by atomic mass is 9.86. The van der Waals surface area contributed by atoms with Gasteiger partial charge in [-0.1, -0.05) is 60.6 Å². The molecule has 0 aliphatic carbocycles. The number of hydrogen-bond acceptors (Lipinski definition) is 4. The maximum atomic E-state index is 12.7. The predicted molar refractivity (Wildman–Crippen MR) is 113 cm³/mol. The normalized spacial score (nSPS) is 12.8. The maximum Gasteiger partial charge on any atom is 0.224 e. The number of carbonyl (C=O) groups is 2. The van der Waals surface area contributed by atoms with E-state index in [0.717, 1.165) is 16.8 Å². The molecule has 5 nitrogen and oxygen atoms in total. The third kappa shape index (κ3) is 5.59. The summed E-state index contributed by atoms with van der Waals surface area (Å²) in [4.78, 5) is 36.4. The predicted octanol–water partition coefficient (Wildman–Crippen LogP) is 5.46. The molecule has 0 radical (unpaired) electrons. The standard InChI is InChI=1S/C23H28N2O3/c1-4-19(23(27)18-12-6-5-7-13-18)20(25-28)14-9-15-21(26)24-22-16(2)10-8-11-17(22)3/h5-8,10-13,19-20H,4,9,14-15H2,1-3H3,(H,24,26). The second-order valence-corrected chi connectivity index (χ2v) is 7.12. The van der Waals surface area contributed by atoms with Crippen LogP contribution < -0.4 is 5.32 Å². The van der Waals surface area contributed by atoms with E-state index in [4.69, 9.17) is 0 Å². The summed E-state index contributed by atoms with van der Waals surface area (Å²) < 4.78 is 0. The lowest BCUT2D eigenvalue weighted by Crippen LogP contribution is -2.27. The summed E-state index contributed by atoms with van der Waals surface area (Å²) in [6.45, 7) is 5.79. The highest BCUT2D eigenvalue weighted by molar-refractivity contribution is 5.98. The van der Waals surface area contributed by atoms with Crippen molar-refractivity contribution in [3.05, 3.63) is 70.1 Å². The Kier molecular flexibility index (Phi) is 8.05. The van der Waals surface area contributed by atoms with E-state index in [1.807, 2.05) is 45.0 Å². The highest BCUT2D eigenvalue weighted by atomic mass is 16.3. The Morgan fingerprint density at radius 1 is 1.00 bits per heavy atom. The molecule has 0 spiro atoms. The smallest absolute Gasteiger partial charge is 0.224 e. The van der Waals surface area contributed by atoms with E-state index in [-0.39, 0.29) is 18.1 Å². The molecule has 28 heavy (non-hydrogen) atoms. The molecular weight excluding hydrogens is 352 g/mol. The molecule has 0 heterocycles. The van der Waals surface area contributed by atoms with Crippen LogP contribution in [-0.2, 0) is 4.79 Å². The van der Waals surface area contributed by atoms with Gasteiger partial charge in [-0.25, -0.2) is 0 Å². The Balaban J connectivity index is 1.92. The topological polar surface area (TPSA) is 75.6 Å². The molecule has 0 saturated carbocycles. The summed E-state index contributed by atoms with van der Waals surface area (Å²) in [7, 11) is 0. The molecule has 2 aromatic rings. The fourth-order valence-corrected chi connectivity index (χ4v) is 3.46. The number of Topliss-reactive ketones (excluding diaryl/α,β-unsaturated/α-hetero) is 1. The second-order valence-electron chi connectivity index (χ2n) is 7.12. The van der Waals surface area contributed by atoms with Gasteiger partial charge in [-0.15, -0.1) is 0 Å². The molecule has 2 unspecified atom stereocenters. The molecular formula is C23H28N2O3. The average Bonchev–Trinajstić information content (AvgIpc) is 2.70. The van der Waals surface area contributed by atoms with Gasteiger partial charge in [0.25, 0.3) is 0 Å². The van der Waals surface area contributed by atoms with Gasteiger partial charge in [0.2, 0.25) is 5.91 Å². The van der Waals surface area contributed by atoms with Gasteiger partial charge in [0.15, 0.2) is 5.78 Å². The molecule has 0 saturated heterocycles. The van der Waals surface area contributed by atoms with Crippen molar-refractivity contribution >= 4 is 17.4 Å². The number of hydrogen-bond donors (Lipinski definition) is 1. The highest BCUT2D eigenvalue weighted by Crippen LogP contribution is 2.24. The fourth-order valence-electron chi connectivity index (χ4n) is 3.46. The molecule has 1 amide bonds. The van der Waals surface area contributed by atoms with Crippen LogP contribution in [-0.4, -0.2) is 17.7 Å². The third-order valence-corrected chi connectivity index (χ3v) is 5.08. The van der Waals surface area contributed by atoms with Crippen LogP contribution in [0.15, 0.2) is 53.7 Å². The molecule has 0 aliphatic rings. The second kappa shape index (κ2) is 10.5. The van der Waals surface area contributed by atoms with E-state index >= 15 is 0 Å². The number of carbonyl (C=O) groups excluding carboxylic acids is 2. The number of nitrogens with one attached hydrogen (secondary N) is 1. The Morgan fingerprint density at radius 2 is 1.64 bits per heavy atom. The lowest BCUT2D eigenvalue weighted by molar-refractivity contribution is -0.116. The molecule has 0 aromatic heterocycles. The van der Waals surface area contributed by atoms with Crippen LogP contribution in [0.4, 0.5) is 5.69 Å². The van der Waals surface area contributed by atoms with Gasteiger partial charge in [-0.3, -0.25) is 9.59 Å². The van der Waals surface area contributed by atoms with Crippen LogP contribution >= 0.6 is 0 Å². The lowest BCUT2D eigenvalue weighted by Gasteiger charge is -2.19. The first-order valence-corrected chi connectivity index (χ1v) is 9.75. The number of amides is 1. The zero-order chi connectivity index (χ0) is 20.5. The summed E-state index contributed by atoms with van der Waals surface area (Å²) in [5.74, 6) is -0.612. The summed E-state index contributed by atoms with van der Waals surface area (Å²) in [6, 6.07) is 14.2. The van der Waals surface area contributed by atoms with Crippen molar-refractivity contribution in [1.82, 2.24) is 0 Å². The van der Waals surface area contributed by atoms with Gasteiger partial charge >= 0.3 is 0 Å². The van der Waals surface area contributed by atoms with Crippen LogP contribution in [0.25, 0.3) is 0 Å². The van der Waals surface area contributed by atoms with Crippen molar-refractivity contribution in [2.24, 2.45) is 11.1 Å². The number of anilines is 1. The maximum absolute atomic E-state index is 12.7. The number of ketones is 1. The molecule has 0 aliphatic heterocycles. The minimum absolute atomic E-state index is 0.0623. The van der Waals surface area contributed by atoms with E-state index in [9.17, 15) is 14.5 Å². The number of nitrogens with zero attached hydrogens (tertiary/aromatic N) is 1. The van der Waals surface area contributed by atoms with Crippen LogP contribution in [0.1, 0.15) is 54.1 Å². The van der Waals surface area contributed by atoms with Crippen molar-refractivity contribution < 1.29 is 9.59 Å². The highest BCUT2D eigenvalue weighted by Gasteiger charge is 2.28. The quantitative estimate of drug-likeness (QED) is 0.439. The molecule has 5 heteroatoms. The first-order valence-electron chi connectivity index (χ1n) is 9.75. The Morgan fingerprint density at radius 3 is 2.21 bits per heavy atom. The minimum atomic E-state index is -0.620. The number of nitroso groups, excluding NO2 is 1. The molecule has 0 fully saturated rings. The fraction of sp³-hybridized carbons (Fsp3) is 0.391. The summed E-state index contributed by atoms with van der Waals surface area (Å²) in [6.07, 6.45) is 1.75. The summed E-state index contributed by atoms with van der Waals surface area (Å²) in [5, 5.41) is 6.16. The van der Waals surface area contributed by atoms with Crippen LogP contribution in [0, 0.1) is 24.7 Å². The number of rotatable bonds is 10. The number of para-hydroxylation sites is 1. The van der Waals surface area contributed by atoms with E-state index in [1.54, 1.807) is 24.3 Å². The molecule has 148 valence electrons. The van der Waals surface area contributed by atoms with Gasteiger partial charge < -0.3 is 5.32 Å². The van der Waals surface area contributed by atoms with Crippen LogP contribution in [0.5, 0.6) is 0 Å². The van der Waals surface area contributed by atoms with Gasteiger partial charge in [0.1, 0.15) is 6.04 Å². The van der Waals surface area contributed by atoms with Crippen molar-refractivity contribution in [3.8, 4) is 0 Å². The summed E-state index contributed by atoms with van der Waals surface area (Å²) in [5.41, 5.74) is 3.46. The first-order chi connectivity index (χ1) is 13.5. The van der Waals surface area contributed by atoms with Crippen molar-refractivity contribution in [2.75, 3.05) is 5.32 Å². The Hall–Kier alpha value is -2.82. The molecule has 2 rings (SSSR count). The van der Waals surface area contributed by atoms with Gasteiger partial charge in [0, 0.05) is 23.6 Å². The molecule has 2 aromatic carbocycles. The van der Waals surface area contributed by atoms with E-state index in [2.05, 4.69) is 10.5 Å². The van der Waals surface area contributed by atoms with Crippen molar-refractivity contribution in [1.29, 1.82) is 0 Å². The molecule has 1 N–H and O–H groups in total. The monoisotopic (exact) mass is 380 g/mol. The zero-order valence-corrected chi connectivity index (χ0v) is 16.8. The van der Waals surface area contributed by atoms with Crippen molar-refractivity contribution in [3.63, 3.8) is 0 Å². The zero-order valence-electron chi connectivity index (χ0n) is 16.8. The van der Waals surface area contributed by atoms with E-state index in [0.29, 0.717) is 24.8 Å². The van der Waals surface area contributed by atoms with Crippen LogP contribution in [0.3, 0.4) is 0 Å².